The molecule has 0 heterocycles. The van der Waals surface area contributed by atoms with Crippen molar-refractivity contribution in [3.8, 4) is 0 Å². The molecule has 0 aliphatic heterocycles. The average Bonchev–Trinajstić information content (AvgIpc) is 2.14. The van der Waals surface area contributed by atoms with Crippen molar-refractivity contribution < 1.29 is 9.00 Å². The Labute approximate surface area is 88.9 Å². The van der Waals surface area contributed by atoms with Crippen molar-refractivity contribution in [1.82, 2.24) is 0 Å². The molecule has 1 aliphatic rings. The van der Waals surface area contributed by atoms with Crippen molar-refractivity contribution in [3.63, 3.8) is 0 Å². The summed E-state index contributed by atoms with van der Waals surface area (Å²) in [5.74, 6) is 1.45. The van der Waals surface area contributed by atoms with E-state index in [1.165, 1.54) is 12.8 Å². The molecule has 0 aromatic rings. The summed E-state index contributed by atoms with van der Waals surface area (Å²) in [4.78, 5) is 10.8. The zero-order valence-corrected chi connectivity index (χ0v) is 9.94. The van der Waals surface area contributed by atoms with Gasteiger partial charge in [0.05, 0.1) is 0 Å². The molecule has 1 aliphatic carbocycles. The van der Waals surface area contributed by atoms with Gasteiger partial charge in [-0.3, -0.25) is 9.00 Å². The van der Waals surface area contributed by atoms with Gasteiger partial charge in [-0.1, -0.05) is 19.8 Å². The van der Waals surface area contributed by atoms with Crippen molar-refractivity contribution in [1.29, 1.82) is 0 Å². The van der Waals surface area contributed by atoms with Crippen LogP contribution in [0.4, 0.5) is 0 Å². The lowest BCUT2D eigenvalue weighted by Gasteiger charge is -2.25. The van der Waals surface area contributed by atoms with Crippen LogP contribution < -0.4 is 0 Å². The Morgan fingerprint density at radius 3 is 2.71 bits per heavy atom. The van der Waals surface area contributed by atoms with E-state index in [1.54, 1.807) is 6.92 Å². The molecule has 0 bridgehead atoms. The van der Waals surface area contributed by atoms with Gasteiger partial charge in [0.1, 0.15) is 5.78 Å². The first kappa shape index (κ1) is 11.9. The van der Waals surface area contributed by atoms with Crippen molar-refractivity contribution in [2.45, 2.75) is 51.2 Å². The van der Waals surface area contributed by atoms with E-state index >= 15 is 0 Å². The highest BCUT2D eigenvalue weighted by Gasteiger charge is 2.23. The molecule has 1 saturated carbocycles. The van der Waals surface area contributed by atoms with Crippen LogP contribution in [-0.4, -0.2) is 21.0 Å². The third-order valence-corrected chi connectivity index (χ3v) is 4.69. The van der Waals surface area contributed by atoms with Gasteiger partial charge in [0, 0.05) is 28.2 Å². The van der Waals surface area contributed by atoms with E-state index in [1.807, 2.05) is 0 Å². The van der Waals surface area contributed by atoms with Crippen molar-refractivity contribution in [2.75, 3.05) is 5.75 Å². The molecular formula is C11H20O2S. The molecule has 1 rings (SSSR count). The largest absolute Gasteiger partial charge is 0.300 e. The van der Waals surface area contributed by atoms with Crippen LogP contribution in [0.1, 0.15) is 46.0 Å². The van der Waals surface area contributed by atoms with Crippen LogP contribution in [0.25, 0.3) is 0 Å². The monoisotopic (exact) mass is 216 g/mol. The molecule has 0 aromatic carbocycles. The van der Waals surface area contributed by atoms with Crippen LogP contribution in [-0.2, 0) is 15.6 Å². The van der Waals surface area contributed by atoms with Crippen LogP contribution in [0.3, 0.4) is 0 Å². The van der Waals surface area contributed by atoms with Crippen molar-refractivity contribution in [2.24, 2.45) is 5.92 Å². The molecule has 2 nitrogen and oxygen atoms in total. The summed E-state index contributed by atoms with van der Waals surface area (Å²) in [5, 5.41) is 0.359. The van der Waals surface area contributed by atoms with E-state index in [-0.39, 0.29) is 5.78 Å². The van der Waals surface area contributed by atoms with Crippen LogP contribution in [0, 0.1) is 5.92 Å². The summed E-state index contributed by atoms with van der Waals surface area (Å²) in [6, 6.07) is 0. The Kier molecular flexibility index (Phi) is 4.79. The smallest absolute Gasteiger partial charge is 0.130 e. The second-order valence-electron chi connectivity index (χ2n) is 4.43. The van der Waals surface area contributed by atoms with Crippen LogP contribution in [0.5, 0.6) is 0 Å². The predicted molar refractivity (Wildman–Crippen MR) is 59.7 cm³/mol. The van der Waals surface area contributed by atoms with Gasteiger partial charge in [-0.2, -0.15) is 0 Å². The minimum absolute atomic E-state index is 0.155. The number of carbonyl (C=O) groups excluding carboxylic acids is 1. The van der Waals surface area contributed by atoms with Gasteiger partial charge in [-0.25, -0.2) is 0 Å². The third-order valence-electron chi connectivity index (χ3n) is 2.92. The lowest BCUT2D eigenvalue weighted by Crippen LogP contribution is -2.25. The fourth-order valence-electron chi connectivity index (χ4n) is 2.03. The molecular weight excluding hydrogens is 196 g/mol. The first-order valence-electron chi connectivity index (χ1n) is 5.46. The average molecular weight is 216 g/mol. The summed E-state index contributed by atoms with van der Waals surface area (Å²) in [6.07, 6.45) is 5.15. The van der Waals surface area contributed by atoms with E-state index < -0.39 is 10.8 Å². The highest BCUT2D eigenvalue weighted by Crippen LogP contribution is 2.27. The van der Waals surface area contributed by atoms with Crippen LogP contribution in [0.2, 0.25) is 0 Å². The molecule has 0 spiro atoms. The van der Waals surface area contributed by atoms with E-state index in [4.69, 9.17) is 0 Å². The molecule has 0 radical (unpaired) electrons. The minimum Gasteiger partial charge on any atom is -0.300 e. The highest BCUT2D eigenvalue weighted by molar-refractivity contribution is 7.85. The first-order chi connectivity index (χ1) is 6.59. The third kappa shape index (κ3) is 3.91. The zero-order chi connectivity index (χ0) is 10.6. The Bertz CT molecular complexity index is 225. The van der Waals surface area contributed by atoms with Crippen LogP contribution in [0.15, 0.2) is 0 Å². The number of rotatable bonds is 4. The number of hydrogen-bond acceptors (Lipinski definition) is 2. The Hall–Kier alpha value is -0.180. The minimum atomic E-state index is -0.769. The fourth-order valence-corrected chi connectivity index (χ4v) is 3.82. The molecule has 3 atom stereocenters. The Morgan fingerprint density at radius 1 is 1.43 bits per heavy atom. The summed E-state index contributed by atoms with van der Waals surface area (Å²) < 4.78 is 11.8. The van der Waals surface area contributed by atoms with E-state index in [2.05, 4.69) is 6.92 Å². The highest BCUT2D eigenvalue weighted by atomic mass is 32.2. The first-order valence-corrected chi connectivity index (χ1v) is 6.84. The van der Waals surface area contributed by atoms with Gasteiger partial charge in [0.2, 0.25) is 0 Å². The predicted octanol–water partition coefficient (Wildman–Crippen LogP) is 2.29. The maximum Gasteiger partial charge on any atom is 0.130 e. The summed E-state index contributed by atoms with van der Waals surface area (Å²) in [6.45, 7) is 3.80. The van der Waals surface area contributed by atoms with Crippen LogP contribution >= 0.6 is 0 Å². The van der Waals surface area contributed by atoms with Crippen molar-refractivity contribution >= 4 is 16.6 Å². The zero-order valence-electron chi connectivity index (χ0n) is 9.12. The molecule has 3 heteroatoms. The lowest BCUT2D eigenvalue weighted by molar-refractivity contribution is -0.116. The van der Waals surface area contributed by atoms with E-state index in [0.717, 1.165) is 18.8 Å². The number of Topliss-reactive ketones (excluding diaryl/α,β-unsaturated/α-hetero) is 1. The maximum atomic E-state index is 11.8. The van der Waals surface area contributed by atoms with Gasteiger partial charge in [0.15, 0.2) is 0 Å². The Morgan fingerprint density at radius 2 is 2.14 bits per heavy atom. The second-order valence-corrected chi connectivity index (χ2v) is 6.27. The number of carbonyl (C=O) groups is 1. The molecule has 82 valence electrons. The van der Waals surface area contributed by atoms with Gasteiger partial charge in [-0.15, -0.1) is 0 Å². The van der Waals surface area contributed by atoms with Gasteiger partial charge < -0.3 is 0 Å². The molecule has 0 aromatic heterocycles. The van der Waals surface area contributed by atoms with Crippen molar-refractivity contribution in [3.05, 3.63) is 0 Å². The lowest BCUT2D eigenvalue weighted by atomic mass is 9.91. The number of ketones is 1. The molecule has 3 unspecified atom stereocenters. The van der Waals surface area contributed by atoms with E-state index in [9.17, 15) is 9.00 Å². The second kappa shape index (κ2) is 5.64. The van der Waals surface area contributed by atoms with Gasteiger partial charge >= 0.3 is 0 Å². The topological polar surface area (TPSA) is 34.1 Å². The maximum absolute atomic E-state index is 11.8. The van der Waals surface area contributed by atoms with Gasteiger partial charge in [-0.05, 0) is 25.7 Å². The normalized spacial score (nSPS) is 29.9. The molecule has 14 heavy (non-hydrogen) atoms. The number of hydrogen-bond donors (Lipinski definition) is 0. The summed E-state index contributed by atoms with van der Waals surface area (Å²) >= 11 is 0. The summed E-state index contributed by atoms with van der Waals surface area (Å²) in [7, 11) is -0.769. The standard InChI is InChI=1S/C11H20O2S/c1-9-4-3-5-11(8-9)14(13)7-6-10(2)12/h9,11H,3-8H2,1-2H3. The Balaban J connectivity index is 2.32. The quantitative estimate of drug-likeness (QED) is 0.722. The molecule has 0 amide bonds. The SMILES string of the molecule is CC(=O)CCS(=O)C1CCCC(C)C1. The molecule has 0 N–H and O–H groups in total. The fraction of sp³-hybridized carbons (Fsp3) is 0.909. The molecule has 1 fully saturated rings. The van der Waals surface area contributed by atoms with E-state index in [0.29, 0.717) is 17.4 Å². The molecule has 0 saturated heterocycles. The summed E-state index contributed by atoms with van der Waals surface area (Å²) in [5.41, 5.74) is 0. The van der Waals surface area contributed by atoms with Gasteiger partial charge in [0.25, 0.3) is 0 Å².